The average molecular weight is 938 g/mol. The van der Waals surface area contributed by atoms with Gasteiger partial charge in [0.1, 0.15) is 12.6 Å². The number of likely N-dealkylation sites (N-methyl/N-ethyl adjacent to an activating group) is 1. The predicted octanol–water partition coefficient (Wildman–Crippen LogP) is 14.9. The van der Waals surface area contributed by atoms with Crippen molar-refractivity contribution in [2.45, 2.75) is 244 Å². The van der Waals surface area contributed by atoms with Gasteiger partial charge < -0.3 is 28.6 Å². The second-order valence-corrected chi connectivity index (χ2v) is 19.4. The lowest BCUT2D eigenvalue weighted by molar-refractivity contribution is -0.889. The minimum absolute atomic E-state index is 0.0281. The molecule has 0 heterocycles. The first-order valence-corrected chi connectivity index (χ1v) is 27.5. The number of allylic oxidation sites excluding steroid dienone is 12. The lowest BCUT2D eigenvalue weighted by Gasteiger charge is -2.34. The van der Waals surface area contributed by atoms with Crippen LogP contribution in [-0.4, -0.2) is 75.5 Å². The van der Waals surface area contributed by atoms with Crippen molar-refractivity contribution in [3.63, 3.8) is 0 Å². The van der Waals surface area contributed by atoms with Crippen LogP contribution in [0.4, 0.5) is 0 Å². The third kappa shape index (κ3) is 47.6. The number of quaternary nitrogens is 1. The largest absolute Gasteiger partial charge is 0.544 e. The molecular weight excluding hydrogens is 835 g/mol. The summed E-state index contributed by atoms with van der Waals surface area (Å²) < 4.78 is 17.2. The maximum atomic E-state index is 12.8. The van der Waals surface area contributed by atoms with Crippen molar-refractivity contribution in [1.29, 1.82) is 0 Å². The van der Waals surface area contributed by atoms with Gasteiger partial charge in [-0.3, -0.25) is 9.59 Å². The molecule has 0 fully saturated rings. The molecule has 0 bridgehead atoms. The van der Waals surface area contributed by atoms with Crippen molar-refractivity contribution >= 4 is 17.9 Å². The van der Waals surface area contributed by atoms with Crippen molar-refractivity contribution in [3.8, 4) is 0 Å². The number of carboxylic acids is 1. The van der Waals surface area contributed by atoms with Crippen LogP contribution in [-0.2, 0) is 28.6 Å². The zero-order valence-corrected chi connectivity index (χ0v) is 44.1. The van der Waals surface area contributed by atoms with Crippen LogP contribution in [0, 0.1) is 0 Å². The Morgan fingerprint density at radius 3 is 1.25 bits per heavy atom. The van der Waals surface area contributed by atoms with Gasteiger partial charge >= 0.3 is 11.9 Å². The summed E-state index contributed by atoms with van der Waals surface area (Å²) in [5, 5.41) is 11.7. The van der Waals surface area contributed by atoms with Crippen molar-refractivity contribution in [2.75, 3.05) is 41.0 Å². The molecular formula is C59H103NO7. The number of ether oxygens (including phenoxy) is 3. The Balaban J connectivity index is 4.26. The Hall–Kier alpha value is -3.23. The number of rotatable bonds is 49. The van der Waals surface area contributed by atoms with E-state index in [2.05, 4.69) is 86.8 Å². The molecule has 0 amide bonds. The second kappa shape index (κ2) is 49.2. The number of unbranched alkanes of at least 4 members (excludes halogenated alkanes) is 23. The van der Waals surface area contributed by atoms with Crippen molar-refractivity contribution in [1.82, 2.24) is 0 Å². The SMILES string of the molecule is CC/C=C/C/C=C/C/C=C/C/C=C/C/C=C/CCCCCCC(=O)OCC(COCCC(C(=O)[O-])[N+](C)(C)C)OC(=O)CCCCCCCCC/C=C/CCCCCCCCCCCCCC. The van der Waals surface area contributed by atoms with Crippen LogP contribution in [0.2, 0.25) is 0 Å². The quantitative estimate of drug-likeness (QED) is 0.0259. The molecule has 0 radical (unpaired) electrons. The van der Waals surface area contributed by atoms with Gasteiger partial charge in [-0.15, -0.1) is 0 Å². The maximum Gasteiger partial charge on any atom is 0.306 e. The molecule has 0 saturated heterocycles. The van der Waals surface area contributed by atoms with Gasteiger partial charge in [-0.25, -0.2) is 0 Å². The molecule has 0 aliphatic heterocycles. The minimum atomic E-state index is -1.13. The highest BCUT2D eigenvalue weighted by Gasteiger charge is 2.25. The van der Waals surface area contributed by atoms with Crippen LogP contribution >= 0.6 is 0 Å². The second-order valence-electron chi connectivity index (χ2n) is 19.4. The van der Waals surface area contributed by atoms with E-state index < -0.39 is 18.1 Å². The minimum Gasteiger partial charge on any atom is -0.544 e. The fraction of sp³-hybridized carbons (Fsp3) is 0.746. The van der Waals surface area contributed by atoms with Gasteiger partial charge in [0.25, 0.3) is 0 Å². The molecule has 67 heavy (non-hydrogen) atoms. The summed E-state index contributed by atoms with van der Waals surface area (Å²) >= 11 is 0. The normalized spacial score (nSPS) is 13.4. The molecule has 0 aromatic carbocycles. The number of carboxylic acid groups (broad SMARTS) is 1. The van der Waals surface area contributed by atoms with Gasteiger partial charge in [-0.1, -0.05) is 202 Å². The number of hydrogen-bond acceptors (Lipinski definition) is 7. The van der Waals surface area contributed by atoms with Gasteiger partial charge in [0.05, 0.1) is 40.3 Å². The van der Waals surface area contributed by atoms with E-state index in [0.717, 1.165) is 83.5 Å². The summed E-state index contributed by atoms with van der Waals surface area (Å²) in [6, 6.07) is -0.735. The van der Waals surface area contributed by atoms with Gasteiger partial charge in [-0.05, 0) is 83.5 Å². The first-order chi connectivity index (χ1) is 32.6. The van der Waals surface area contributed by atoms with E-state index >= 15 is 0 Å². The van der Waals surface area contributed by atoms with Gasteiger partial charge in [0.2, 0.25) is 0 Å². The summed E-state index contributed by atoms with van der Waals surface area (Å²) in [5.74, 6) is -1.77. The van der Waals surface area contributed by atoms with Gasteiger partial charge in [0.15, 0.2) is 6.10 Å². The fourth-order valence-corrected chi connectivity index (χ4v) is 7.86. The van der Waals surface area contributed by atoms with E-state index in [9.17, 15) is 19.5 Å². The molecule has 386 valence electrons. The highest BCUT2D eigenvalue weighted by Crippen LogP contribution is 2.15. The first kappa shape index (κ1) is 63.8. The highest BCUT2D eigenvalue weighted by molar-refractivity contribution is 5.70. The topological polar surface area (TPSA) is 102 Å². The lowest BCUT2D eigenvalue weighted by atomic mass is 10.0. The zero-order valence-electron chi connectivity index (χ0n) is 44.1. The van der Waals surface area contributed by atoms with Crippen LogP contribution in [0.3, 0.4) is 0 Å². The van der Waals surface area contributed by atoms with Crippen LogP contribution < -0.4 is 5.11 Å². The molecule has 0 saturated carbocycles. The van der Waals surface area contributed by atoms with E-state index in [0.29, 0.717) is 12.8 Å². The Morgan fingerprint density at radius 1 is 0.463 bits per heavy atom. The van der Waals surface area contributed by atoms with Crippen molar-refractivity contribution < 1.29 is 38.2 Å². The summed E-state index contributed by atoms with van der Waals surface area (Å²) in [6.45, 7) is 4.54. The smallest absolute Gasteiger partial charge is 0.306 e. The third-order valence-electron chi connectivity index (χ3n) is 12.1. The van der Waals surface area contributed by atoms with Gasteiger partial charge in [-0.2, -0.15) is 0 Å². The molecule has 2 atom stereocenters. The number of aliphatic carboxylic acids is 1. The zero-order chi connectivity index (χ0) is 49.2. The fourth-order valence-electron chi connectivity index (χ4n) is 7.86. The molecule has 0 aliphatic rings. The number of carbonyl (C=O) groups excluding carboxylic acids is 3. The van der Waals surface area contributed by atoms with Crippen LogP contribution in [0.1, 0.15) is 232 Å². The van der Waals surface area contributed by atoms with Crippen molar-refractivity contribution in [3.05, 3.63) is 72.9 Å². The summed E-state index contributed by atoms with van der Waals surface area (Å²) in [5.41, 5.74) is 0. The molecule has 0 aliphatic carbocycles. The summed E-state index contributed by atoms with van der Waals surface area (Å²) in [4.78, 5) is 37.1. The molecule has 8 nitrogen and oxygen atoms in total. The molecule has 0 aromatic rings. The Morgan fingerprint density at radius 2 is 0.836 bits per heavy atom. The van der Waals surface area contributed by atoms with Gasteiger partial charge in [0, 0.05) is 19.3 Å². The Labute approximate surface area is 412 Å². The van der Waals surface area contributed by atoms with E-state index in [1.165, 1.54) is 116 Å². The molecule has 8 heteroatoms. The number of hydrogen-bond donors (Lipinski definition) is 0. The van der Waals surface area contributed by atoms with Crippen LogP contribution in [0.25, 0.3) is 0 Å². The first-order valence-electron chi connectivity index (χ1n) is 27.5. The number of nitrogens with zero attached hydrogens (tertiary/aromatic N) is 1. The standard InChI is InChI=1S/C59H103NO7/c1-6-8-10-12-14-16-18-20-22-24-26-28-29-30-32-34-36-38-40-42-44-46-48-50-58(62)67-55(53-65-52-51-56(59(63)64)60(3,4)5)54-66-57(61)49-47-45-43-41-39-37-35-33-31-27-25-23-21-19-17-15-13-11-9-7-2/h9,11,15,17,21,23,27,30-32,35,37,55-56H,6-8,10,12-14,16,18-20,22,24-26,28-29,33-34,36,38-54H2,1-5H3/b11-9+,17-15+,23-21+,31-27+,32-30+,37-35+. The lowest BCUT2D eigenvalue weighted by Crippen LogP contribution is -2.55. The van der Waals surface area contributed by atoms with Crippen molar-refractivity contribution in [2.24, 2.45) is 0 Å². The van der Waals surface area contributed by atoms with E-state index in [1.807, 2.05) is 0 Å². The summed E-state index contributed by atoms with van der Waals surface area (Å²) in [7, 11) is 5.41. The molecule has 2 unspecified atom stereocenters. The number of esters is 2. The highest BCUT2D eigenvalue weighted by atomic mass is 16.6. The molecule has 0 spiro atoms. The number of carbonyl (C=O) groups is 3. The Bertz CT molecular complexity index is 1320. The third-order valence-corrected chi connectivity index (χ3v) is 12.1. The predicted molar refractivity (Wildman–Crippen MR) is 282 cm³/mol. The van der Waals surface area contributed by atoms with Crippen LogP contribution in [0.15, 0.2) is 72.9 Å². The molecule has 0 N–H and O–H groups in total. The molecule has 0 aromatic heterocycles. The van der Waals surface area contributed by atoms with E-state index in [1.54, 1.807) is 21.1 Å². The maximum absolute atomic E-state index is 12.8. The molecule has 0 rings (SSSR count). The van der Waals surface area contributed by atoms with E-state index in [-0.39, 0.29) is 42.7 Å². The monoisotopic (exact) mass is 938 g/mol. The summed E-state index contributed by atoms with van der Waals surface area (Å²) in [6.07, 6.45) is 63.7. The average Bonchev–Trinajstić information content (AvgIpc) is 3.29. The Kier molecular flexibility index (Phi) is 46.8. The van der Waals surface area contributed by atoms with E-state index in [4.69, 9.17) is 14.2 Å². The van der Waals surface area contributed by atoms with Crippen LogP contribution in [0.5, 0.6) is 0 Å².